The number of nitrogens with one attached hydrogen (secondary N) is 2. The number of likely N-dealkylation sites (tertiary alicyclic amines) is 1. The third-order valence-electron chi connectivity index (χ3n) is 4.73. The standard InChI is InChI=1S/C18H18FN3O4/c1-10(22-17(25)11-6-2-3-7-12(11)18(22)26)15(23)20-21-16(24)13-8-4-5-9-14(13)19/h2-5,8-12H,6-7H2,1H3,(H,20,23)(H,21,24)/t10-,11?,12?/m0/s1. The van der Waals surface area contributed by atoms with Crippen LogP contribution in [0.5, 0.6) is 0 Å². The van der Waals surface area contributed by atoms with E-state index in [1.165, 1.54) is 25.1 Å². The van der Waals surface area contributed by atoms with Crippen molar-refractivity contribution >= 4 is 23.6 Å². The molecule has 1 heterocycles. The number of imide groups is 1. The van der Waals surface area contributed by atoms with Crippen LogP contribution in [0.2, 0.25) is 0 Å². The second-order valence-electron chi connectivity index (χ2n) is 6.30. The van der Waals surface area contributed by atoms with Crippen LogP contribution in [-0.4, -0.2) is 34.6 Å². The van der Waals surface area contributed by atoms with Gasteiger partial charge in [0.05, 0.1) is 17.4 Å². The van der Waals surface area contributed by atoms with E-state index in [1.54, 1.807) is 0 Å². The summed E-state index contributed by atoms with van der Waals surface area (Å²) in [6, 6.07) is 4.23. The van der Waals surface area contributed by atoms with Gasteiger partial charge >= 0.3 is 0 Å². The number of rotatable bonds is 3. The van der Waals surface area contributed by atoms with Crippen LogP contribution >= 0.6 is 0 Å². The average Bonchev–Trinajstić information content (AvgIpc) is 2.90. The Balaban J connectivity index is 1.63. The van der Waals surface area contributed by atoms with Gasteiger partial charge in [-0.15, -0.1) is 0 Å². The monoisotopic (exact) mass is 359 g/mol. The Labute approximate surface area is 149 Å². The molecule has 3 rings (SSSR count). The zero-order chi connectivity index (χ0) is 18.8. The van der Waals surface area contributed by atoms with Gasteiger partial charge in [0.1, 0.15) is 11.9 Å². The molecule has 7 nitrogen and oxygen atoms in total. The van der Waals surface area contributed by atoms with Crippen LogP contribution in [0.25, 0.3) is 0 Å². The highest BCUT2D eigenvalue weighted by molar-refractivity contribution is 6.08. The molecule has 2 unspecified atom stereocenters. The normalized spacial score (nSPS) is 22.8. The third kappa shape index (κ3) is 3.10. The Hall–Kier alpha value is -3.03. The summed E-state index contributed by atoms with van der Waals surface area (Å²) in [7, 11) is 0. The van der Waals surface area contributed by atoms with Crippen molar-refractivity contribution in [2.45, 2.75) is 25.8 Å². The predicted molar refractivity (Wildman–Crippen MR) is 88.7 cm³/mol. The Kier molecular flexibility index (Phi) is 4.83. The number of hydrogen-bond donors (Lipinski definition) is 2. The van der Waals surface area contributed by atoms with E-state index >= 15 is 0 Å². The van der Waals surface area contributed by atoms with E-state index in [1.807, 2.05) is 12.2 Å². The van der Waals surface area contributed by atoms with Gasteiger partial charge in [-0.1, -0.05) is 24.3 Å². The van der Waals surface area contributed by atoms with Crippen molar-refractivity contribution in [2.24, 2.45) is 11.8 Å². The number of halogens is 1. The molecule has 0 radical (unpaired) electrons. The second-order valence-corrected chi connectivity index (χ2v) is 6.30. The Bertz CT molecular complexity index is 781. The minimum Gasteiger partial charge on any atom is -0.274 e. The molecule has 1 aromatic rings. The summed E-state index contributed by atoms with van der Waals surface area (Å²) >= 11 is 0. The summed E-state index contributed by atoms with van der Waals surface area (Å²) in [6.45, 7) is 1.41. The molecule has 0 spiro atoms. The number of amides is 4. The maximum atomic E-state index is 13.6. The first-order valence-corrected chi connectivity index (χ1v) is 8.28. The number of nitrogens with zero attached hydrogens (tertiary/aromatic N) is 1. The maximum absolute atomic E-state index is 13.6. The smallest absolute Gasteiger partial charge is 0.272 e. The fourth-order valence-electron chi connectivity index (χ4n) is 3.26. The largest absolute Gasteiger partial charge is 0.274 e. The van der Waals surface area contributed by atoms with Crippen LogP contribution < -0.4 is 10.9 Å². The molecule has 1 aliphatic heterocycles. The summed E-state index contributed by atoms with van der Waals surface area (Å²) in [5.41, 5.74) is 4.01. The third-order valence-corrected chi connectivity index (χ3v) is 4.73. The lowest BCUT2D eigenvalue weighted by Gasteiger charge is -2.22. The van der Waals surface area contributed by atoms with Gasteiger partial charge in [0.15, 0.2) is 0 Å². The topological polar surface area (TPSA) is 95.6 Å². The molecule has 1 fully saturated rings. The number of hydrazine groups is 1. The van der Waals surface area contributed by atoms with Crippen molar-refractivity contribution in [1.29, 1.82) is 0 Å². The molecule has 26 heavy (non-hydrogen) atoms. The average molecular weight is 359 g/mol. The van der Waals surface area contributed by atoms with Crippen LogP contribution in [0.3, 0.4) is 0 Å². The lowest BCUT2D eigenvalue weighted by molar-refractivity contribution is -0.147. The number of hydrogen-bond acceptors (Lipinski definition) is 4. The van der Waals surface area contributed by atoms with E-state index in [9.17, 15) is 23.6 Å². The van der Waals surface area contributed by atoms with E-state index in [2.05, 4.69) is 10.9 Å². The van der Waals surface area contributed by atoms with E-state index in [0.717, 1.165) is 11.0 Å². The van der Waals surface area contributed by atoms with Crippen LogP contribution in [0.1, 0.15) is 30.1 Å². The van der Waals surface area contributed by atoms with Gasteiger partial charge in [-0.05, 0) is 31.9 Å². The lowest BCUT2D eigenvalue weighted by atomic mass is 9.85. The molecule has 1 aromatic carbocycles. The first kappa shape index (κ1) is 17.8. The van der Waals surface area contributed by atoms with E-state index in [0.29, 0.717) is 12.8 Å². The van der Waals surface area contributed by atoms with Crippen molar-refractivity contribution in [3.63, 3.8) is 0 Å². The molecule has 4 amide bonds. The highest BCUT2D eigenvalue weighted by Gasteiger charge is 2.50. The Morgan fingerprint density at radius 2 is 1.65 bits per heavy atom. The first-order chi connectivity index (χ1) is 12.4. The van der Waals surface area contributed by atoms with Gasteiger partial charge in [0.25, 0.3) is 11.8 Å². The molecule has 2 N–H and O–H groups in total. The number of benzene rings is 1. The molecule has 0 saturated carbocycles. The number of fused-ring (bicyclic) bond motifs is 1. The van der Waals surface area contributed by atoms with Crippen LogP contribution in [0.4, 0.5) is 4.39 Å². The second kappa shape index (κ2) is 7.07. The molecular weight excluding hydrogens is 341 g/mol. The fraction of sp³-hybridized carbons (Fsp3) is 0.333. The Morgan fingerprint density at radius 1 is 1.08 bits per heavy atom. The van der Waals surface area contributed by atoms with Gasteiger partial charge in [-0.2, -0.15) is 0 Å². The quantitative estimate of drug-likeness (QED) is 0.477. The van der Waals surface area contributed by atoms with Crippen molar-refractivity contribution in [3.8, 4) is 0 Å². The zero-order valence-corrected chi connectivity index (χ0v) is 14.1. The molecule has 1 aliphatic carbocycles. The van der Waals surface area contributed by atoms with Crippen molar-refractivity contribution in [3.05, 3.63) is 47.8 Å². The summed E-state index contributed by atoms with van der Waals surface area (Å²) in [5, 5.41) is 0. The van der Waals surface area contributed by atoms with Crippen LogP contribution in [-0.2, 0) is 14.4 Å². The molecule has 8 heteroatoms. The molecule has 1 saturated heterocycles. The van der Waals surface area contributed by atoms with Gasteiger partial charge in [-0.3, -0.25) is 34.9 Å². The summed E-state index contributed by atoms with van der Waals surface area (Å²) in [6.07, 6.45) is 4.67. The van der Waals surface area contributed by atoms with Crippen molar-refractivity contribution in [1.82, 2.24) is 15.8 Å². The molecular formula is C18H18FN3O4. The maximum Gasteiger partial charge on any atom is 0.272 e. The Morgan fingerprint density at radius 3 is 2.23 bits per heavy atom. The molecule has 136 valence electrons. The molecule has 0 aromatic heterocycles. The summed E-state index contributed by atoms with van der Waals surface area (Å²) in [4.78, 5) is 50.1. The van der Waals surface area contributed by atoms with Crippen LogP contribution in [0.15, 0.2) is 36.4 Å². The molecule has 0 bridgehead atoms. The fourth-order valence-corrected chi connectivity index (χ4v) is 3.26. The van der Waals surface area contributed by atoms with Gasteiger partial charge in [0.2, 0.25) is 11.8 Å². The molecule has 3 atom stereocenters. The van der Waals surface area contributed by atoms with E-state index < -0.39 is 35.5 Å². The van der Waals surface area contributed by atoms with Crippen LogP contribution in [0, 0.1) is 17.7 Å². The highest BCUT2D eigenvalue weighted by atomic mass is 19.1. The zero-order valence-electron chi connectivity index (χ0n) is 14.1. The highest BCUT2D eigenvalue weighted by Crippen LogP contribution is 2.35. The number of carbonyl (C=O) groups excluding carboxylic acids is 4. The minimum absolute atomic E-state index is 0.231. The summed E-state index contributed by atoms with van der Waals surface area (Å²) < 4.78 is 13.6. The van der Waals surface area contributed by atoms with Crippen molar-refractivity contribution in [2.75, 3.05) is 0 Å². The van der Waals surface area contributed by atoms with Gasteiger partial charge in [-0.25, -0.2) is 4.39 Å². The molecule has 2 aliphatic rings. The predicted octanol–water partition coefficient (Wildman–Crippen LogP) is 0.926. The first-order valence-electron chi connectivity index (χ1n) is 8.28. The van der Waals surface area contributed by atoms with E-state index in [4.69, 9.17) is 0 Å². The number of allylic oxidation sites excluding steroid dienone is 2. The van der Waals surface area contributed by atoms with Crippen molar-refractivity contribution < 1.29 is 23.6 Å². The lowest BCUT2D eigenvalue weighted by Crippen LogP contribution is -2.53. The van der Waals surface area contributed by atoms with Gasteiger partial charge in [0, 0.05) is 0 Å². The van der Waals surface area contributed by atoms with E-state index in [-0.39, 0.29) is 17.4 Å². The number of carbonyl (C=O) groups is 4. The minimum atomic E-state index is -1.08. The SMILES string of the molecule is C[C@@H](C(=O)NNC(=O)c1ccccc1F)N1C(=O)C2CC=CCC2C1=O. The summed E-state index contributed by atoms with van der Waals surface area (Å²) in [5.74, 6) is -3.93. The van der Waals surface area contributed by atoms with Gasteiger partial charge < -0.3 is 0 Å².